The van der Waals surface area contributed by atoms with E-state index in [9.17, 15) is 9.90 Å². The van der Waals surface area contributed by atoms with E-state index in [1.165, 1.54) is 0 Å². The minimum Gasteiger partial charge on any atom is -0.550 e. The summed E-state index contributed by atoms with van der Waals surface area (Å²) in [6, 6.07) is 0. The van der Waals surface area contributed by atoms with Crippen LogP contribution in [0.2, 0.25) is 0 Å². The number of hydrogen-bond donors (Lipinski definition) is 0. The van der Waals surface area contributed by atoms with Crippen molar-refractivity contribution >= 4 is 5.97 Å². The Bertz CT molecular complexity index is 143. The summed E-state index contributed by atoms with van der Waals surface area (Å²) in [5.74, 6) is -0.902. The molecule has 0 bridgehead atoms. The van der Waals surface area contributed by atoms with Crippen molar-refractivity contribution in [1.29, 1.82) is 0 Å². The second-order valence-corrected chi connectivity index (χ2v) is 3.66. The van der Waals surface area contributed by atoms with Crippen molar-refractivity contribution in [3.8, 4) is 0 Å². The standard InChI is InChI=1S/C10H20O2/c1-4-6-7-8-10(3,5-2)9(11)12/h4-8H2,1-3H3,(H,11,12)/p-1. The van der Waals surface area contributed by atoms with Crippen molar-refractivity contribution in [2.24, 2.45) is 5.41 Å². The van der Waals surface area contributed by atoms with E-state index in [1.54, 1.807) is 6.92 Å². The molecule has 0 heterocycles. The van der Waals surface area contributed by atoms with Crippen LogP contribution in [0.4, 0.5) is 0 Å². The number of carbonyl (C=O) groups is 1. The summed E-state index contributed by atoms with van der Waals surface area (Å²) < 4.78 is 0. The fourth-order valence-electron chi connectivity index (χ4n) is 1.19. The number of carboxylic acids is 1. The summed E-state index contributed by atoms with van der Waals surface area (Å²) in [4.78, 5) is 10.7. The Hall–Kier alpha value is -0.530. The van der Waals surface area contributed by atoms with Crippen molar-refractivity contribution < 1.29 is 9.90 Å². The number of carbonyl (C=O) groups excluding carboxylic acids is 1. The van der Waals surface area contributed by atoms with Gasteiger partial charge in [0.05, 0.1) is 0 Å². The summed E-state index contributed by atoms with van der Waals surface area (Å²) in [6.45, 7) is 5.79. The Kier molecular flexibility index (Phi) is 4.95. The molecule has 0 aliphatic heterocycles. The van der Waals surface area contributed by atoms with E-state index in [0.29, 0.717) is 6.42 Å². The van der Waals surface area contributed by atoms with E-state index in [-0.39, 0.29) is 0 Å². The molecule has 0 N–H and O–H groups in total. The number of carboxylic acid groups (broad SMARTS) is 1. The highest BCUT2D eigenvalue weighted by molar-refractivity contribution is 5.71. The second-order valence-electron chi connectivity index (χ2n) is 3.66. The van der Waals surface area contributed by atoms with Crippen LogP contribution >= 0.6 is 0 Å². The SMILES string of the molecule is CCCCCC(C)(CC)C(=O)[O-]. The first-order chi connectivity index (χ1) is 5.56. The molecule has 0 aromatic carbocycles. The topological polar surface area (TPSA) is 40.1 Å². The van der Waals surface area contributed by atoms with Gasteiger partial charge in [-0.1, -0.05) is 40.0 Å². The predicted octanol–water partition coefficient (Wildman–Crippen LogP) is 1.73. The van der Waals surface area contributed by atoms with Gasteiger partial charge in [-0.2, -0.15) is 0 Å². The highest BCUT2D eigenvalue weighted by Gasteiger charge is 2.22. The van der Waals surface area contributed by atoms with Crippen LogP contribution in [0.1, 0.15) is 52.9 Å². The number of rotatable bonds is 6. The fourth-order valence-corrected chi connectivity index (χ4v) is 1.19. The van der Waals surface area contributed by atoms with Gasteiger partial charge in [0.15, 0.2) is 0 Å². The Labute approximate surface area is 75.0 Å². The van der Waals surface area contributed by atoms with Crippen LogP contribution in [-0.4, -0.2) is 5.97 Å². The van der Waals surface area contributed by atoms with Gasteiger partial charge in [0.2, 0.25) is 0 Å². The number of aliphatic carboxylic acids is 1. The first-order valence-electron chi connectivity index (χ1n) is 4.78. The molecular formula is C10H19O2-. The van der Waals surface area contributed by atoms with E-state index < -0.39 is 11.4 Å². The zero-order chi connectivity index (χ0) is 9.61. The third kappa shape index (κ3) is 3.24. The fraction of sp³-hybridized carbons (Fsp3) is 0.900. The third-order valence-corrected chi connectivity index (χ3v) is 2.61. The van der Waals surface area contributed by atoms with E-state index in [4.69, 9.17) is 0 Å². The molecule has 1 unspecified atom stereocenters. The zero-order valence-corrected chi connectivity index (χ0v) is 8.35. The number of hydrogen-bond acceptors (Lipinski definition) is 2. The van der Waals surface area contributed by atoms with Crippen LogP contribution in [0.25, 0.3) is 0 Å². The van der Waals surface area contributed by atoms with Gasteiger partial charge in [-0.25, -0.2) is 0 Å². The summed E-state index contributed by atoms with van der Waals surface area (Å²) >= 11 is 0. The van der Waals surface area contributed by atoms with Crippen LogP contribution in [0.5, 0.6) is 0 Å². The average molecular weight is 171 g/mol. The Morgan fingerprint density at radius 2 is 1.92 bits per heavy atom. The summed E-state index contributed by atoms with van der Waals surface area (Å²) in [5.41, 5.74) is -0.602. The molecule has 0 aromatic heterocycles. The van der Waals surface area contributed by atoms with Crippen LogP contribution in [-0.2, 0) is 4.79 Å². The zero-order valence-electron chi connectivity index (χ0n) is 8.35. The molecule has 2 nitrogen and oxygen atoms in total. The molecule has 0 rings (SSSR count). The van der Waals surface area contributed by atoms with Crippen LogP contribution in [0.3, 0.4) is 0 Å². The van der Waals surface area contributed by atoms with E-state index in [1.807, 2.05) is 6.92 Å². The lowest BCUT2D eigenvalue weighted by atomic mass is 9.82. The highest BCUT2D eigenvalue weighted by atomic mass is 16.4. The van der Waals surface area contributed by atoms with E-state index >= 15 is 0 Å². The monoisotopic (exact) mass is 171 g/mol. The number of unbranched alkanes of at least 4 members (excludes halogenated alkanes) is 2. The van der Waals surface area contributed by atoms with Gasteiger partial charge in [-0.05, 0) is 12.8 Å². The van der Waals surface area contributed by atoms with E-state index in [2.05, 4.69) is 6.92 Å². The lowest BCUT2D eigenvalue weighted by Crippen LogP contribution is -2.39. The molecule has 0 aliphatic carbocycles. The van der Waals surface area contributed by atoms with Gasteiger partial charge in [-0.15, -0.1) is 0 Å². The lowest BCUT2D eigenvalue weighted by Gasteiger charge is -2.29. The maximum Gasteiger partial charge on any atom is 0.0473 e. The van der Waals surface area contributed by atoms with Gasteiger partial charge in [-0.3, -0.25) is 0 Å². The summed E-state index contributed by atoms with van der Waals surface area (Å²) in [6.07, 6.45) is 4.66. The molecule has 1 atom stereocenters. The molecule has 2 heteroatoms. The molecule has 12 heavy (non-hydrogen) atoms. The van der Waals surface area contributed by atoms with Crippen LogP contribution in [0.15, 0.2) is 0 Å². The predicted molar refractivity (Wildman–Crippen MR) is 47.5 cm³/mol. The Morgan fingerprint density at radius 1 is 1.33 bits per heavy atom. The van der Waals surface area contributed by atoms with Gasteiger partial charge < -0.3 is 9.90 Å². The molecule has 0 aromatic rings. The minimum atomic E-state index is -0.902. The molecule has 72 valence electrons. The minimum absolute atomic E-state index is 0.602. The molecule has 0 amide bonds. The summed E-state index contributed by atoms with van der Waals surface area (Å²) in [7, 11) is 0. The molecule has 0 fully saturated rings. The summed E-state index contributed by atoms with van der Waals surface area (Å²) in [5, 5.41) is 10.7. The van der Waals surface area contributed by atoms with Gasteiger partial charge in [0.1, 0.15) is 0 Å². The Balaban J connectivity index is 3.88. The van der Waals surface area contributed by atoms with Crippen LogP contribution < -0.4 is 5.11 Å². The normalized spacial score (nSPS) is 15.6. The molecular weight excluding hydrogens is 152 g/mol. The van der Waals surface area contributed by atoms with E-state index in [0.717, 1.165) is 25.7 Å². The third-order valence-electron chi connectivity index (χ3n) is 2.61. The van der Waals surface area contributed by atoms with Crippen molar-refractivity contribution in [3.05, 3.63) is 0 Å². The molecule has 0 radical (unpaired) electrons. The van der Waals surface area contributed by atoms with Crippen molar-refractivity contribution in [2.45, 2.75) is 52.9 Å². The largest absolute Gasteiger partial charge is 0.550 e. The maximum atomic E-state index is 10.7. The average Bonchev–Trinajstić information content (AvgIpc) is 2.04. The van der Waals surface area contributed by atoms with Crippen molar-refractivity contribution in [2.75, 3.05) is 0 Å². The highest BCUT2D eigenvalue weighted by Crippen LogP contribution is 2.27. The molecule has 0 saturated heterocycles. The lowest BCUT2D eigenvalue weighted by molar-refractivity contribution is -0.319. The Morgan fingerprint density at radius 3 is 2.25 bits per heavy atom. The molecule has 0 saturated carbocycles. The van der Waals surface area contributed by atoms with Gasteiger partial charge in [0, 0.05) is 11.4 Å². The van der Waals surface area contributed by atoms with Crippen molar-refractivity contribution in [1.82, 2.24) is 0 Å². The maximum absolute atomic E-state index is 10.7. The van der Waals surface area contributed by atoms with Gasteiger partial charge in [0.25, 0.3) is 0 Å². The van der Waals surface area contributed by atoms with Crippen molar-refractivity contribution in [3.63, 3.8) is 0 Å². The quantitative estimate of drug-likeness (QED) is 0.571. The first kappa shape index (κ1) is 11.5. The molecule has 0 aliphatic rings. The first-order valence-corrected chi connectivity index (χ1v) is 4.78. The smallest absolute Gasteiger partial charge is 0.0473 e. The van der Waals surface area contributed by atoms with Gasteiger partial charge >= 0.3 is 0 Å². The second kappa shape index (κ2) is 5.18. The van der Waals surface area contributed by atoms with Crippen LogP contribution in [0, 0.1) is 5.41 Å². The molecule has 0 spiro atoms.